The number of benzene rings is 2. The maximum absolute atomic E-state index is 11.3. The summed E-state index contributed by atoms with van der Waals surface area (Å²) in [5.74, 6) is 0.774. The van der Waals surface area contributed by atoms with E-state index < -0.39 is 0 Å². The van der Waals surface area contributed by atoms with Crippen molar-refractivity contribution in [3.05, 3.63) is 46.5 Å². The summed E-state index contributed by atoms with van der Waals surface area (Å²) in [4.78, 5) is 2.07. The first-order valence-electron chi connectivity index (χ1n) is 11.2. The molecule has 2 aromatic rings. The van der Waals surface area contributed by atoms with E-state index in [9.17, 15) is 10.2 Å². The summed E-state index contributed by atoms with van der Waals surface area (Å²) in [6.45, 7) is 25.6. The maximum Gasteiger partial charge on any atom is 0.124 e. The van der Waals surface area contributed by atoms with Crippen molar-refractivity contribution in [1.29, 1.82) is 0 Å². The number of phenols is 2. The van der Waals surface area contributed by atoms with E-state index in [2.05, 4.69) is 95.2 Å². The van der Waals surface area contributed by atoms with E-state index in [-0.39, 0.29) is 21.7 Å². The third-order valence-corrected chi connectivity index (χ3v) is 6.74. The van der Waals surface area contributed by atoms with Crippen LogP contribution in [0.2, 0.25) is 0 Å². The molecular formula is C28H42O2S. The zero-order chi connectivity index (χ0) is 24.2. The molecule has 0 bridgehead atoms. The lowest BCUT2D eigenvalue weighted by Gasteiger charge is -2.31. The van der Waals surface area contributed by atoms with E-state index in [1.54, 1.807) is 11.8 Å². The van der Waals surface area contributed by atoms with Gasteiger partial charge in [-0.1, -0.05) is 107 Å². The first-order valence-corrected chi connectivity index (χ1v) is 12.0. The number of hydrogen-bond acceptors (Lipinski definition) is 3. The molecule has 172 valence electrons. The smallest absolute Gasteiger partial charge is 0.124 e. The molecule has 3 heteroatoms. The fourth-order valence-electron chi connectivity index (χ4n) is 4.09. The van der Waals surface area contributed by atoms with Crippen LogP contribution in [0.1, 0.15) is 105 Å². The molecule has 2 aromatic carbocycles. The number of rotatable bonds is 2. The Hall–Kier alpha value is -1.61. The summed E-state index contributed by atoms with van der Waals surface area (Å²) in [7, 11) is 0. The Kier molecular flexibility index (Phi) is 6.67. The highest BCUT2D eigenvalue weighted by atomic mass is 32.2. The number of aromatic hydroxyl groups is 2. The van der Waals surface area contributed by atoms with Crippen molar-refractivity contribution >= 4 is 11.8 Å². The number of phenolic OH excluding ortho intramolecular Hbond substituents is 2. The second kappa shape index (κ2) is 8.06. The quantitative estimate of drug-likeness (QED) is 0.490. The predicted molar refractivity (Wildman–Crippen MR) is 135 cm³/mol. The van der Waals surface area contributed by atoms with Crippen LogP contribution in [0, 0.1) is 0 Å². The normalized spacial score (nSPS) is 13.5. The second-order valence-electron chi connectivity index (χ2n) is 12.8. The fraction of sp³-hybridized carbons (Fsp3) is 0.571. The summed E-state index contributed by atoms with van der Waals surface area (Å²) in [6.07, 6.45) is 0. The summed E-state index contributed by atoms with van der Waals surface area (Å²) >= 11 is 1.64. The van der Waals surface area contributed by atoms with Gasteiger partial charge in [-0.15, -0.1) is 0 Å². The minimum atomic E-state index is -0.219. The van der Waals surface area contributed by atoms with Crippen LogP contribution >= 0.6 is 11.8 Å². The molecule has 0 heterocycles. The van der Waals surface area contributed by atoms with Crippen LogP contribution in [-0.4, -0.2) is 10.2 Å². The Labute approximate surface area is 194 Å². The molecule has 0 spiro atoms. The summed E-state index contributed by atoms with van der Waals surface area (Å²) in [5.41, 5.74) is 3.12. The monoisotopic (exact) mass is 442 g/mol. The van der Waals surface area contributed by atoms with Gasteiger partial charge in [0.25, 0.3) is 0 Å². The lowest BCUT2D eigenvalue weighted by molar-refractivity contribution is 0.418. The Morgan fingerprint density at radius 3 is 1.00 bits per heavy atom. The van der Waals surface area contributed by atoms with Crippen molar-refractivity contribution in [2.75, 3.05) is 0 Å². The first-order chi connectivity index (χ1) is 13.8. The Bertz CT molecular complexity index is 879. The topological polar surface area (TPSA) is 40.5 Å². The van der Waals surface area contributed by atoms with E-state index in [0.29, 0.717) is 11.5 Å². The Balaban J connectivity index is 2.77. The molecule has 0 fully saturated rings. The van der Waals surface area contributed by atoms with E-state index in [0.717, 1.165) is 32.0 Å². The van der Waals surface area contributed by atoms with Crippen molar-refractivity contribution in [3.63, 3.8) is 0 Å². The molecule has 0 unspecified atom stereocenters. The molecule has 31 heavy (non-hydrogen) atoms. The molecule has 0 atom stereocenters. The molecule has 2 rings (SSSR count). The molecule has 0 saturated heterocycles. The fourth-order valence-corrected chi connectivity index (χ4v) is 5.61. The zero-order valence-corrected chi connectivity index (χ0v) is 22.4. The van der Waals surface area contributed by atoms with Crippen LogP contribution in [0.25, 0.3) is 0 Å². The molecule has 0 aromatic heterocycles. The summed E-state index contributed by atoms with van der Waals surface area (Å²) in [5, 5.41) is 22.6. The standard InChI is InChI=1S/C28H42O2S/c1-25(2,3)17-13-15-19(21(23(17)29)27(7,8)9)31-20-16-14-18(26(4,5)6)24(30)22(20)28(10,11)12/h13-16,29-30H,1-12H3. The van der Waals surface area contributed by atoms with E-state index in [1.807, 2.05) is 12.1 Å². The molecule has 2 N–H and O–H groups in total. The maximum atomic E-state index is 11.3. The third kappa shape index (κ3) is 5.42. The molecule has 0 saturated carbocycles. The van der Waals surface area contributed by atoms with Gasteiger partial charge in [0.2, 0.25) is 0 Å². The molecular weight excluding hydrogens is 400 g/mol. The third-order valence-electron chi connectivity index (χ3n) is 5.62. The van der Waals surface area contributed by atoms with Crippen molar-refractivity contribution in [2.45, 2.75) is 115 Å². The van der Waals surface area contributed by atoms with Gasteiger partial charge in [-0.05, 0) is 44.9 Å². The van der Waals surface area contributed by atoms with Gasteiger partial charge >= 0.3 is 0 Å². The average molecular weight is 443 g/mol. The van der Waals surface area contributed by atoms with Crippen LogP contribution in [0.3, 0.4) is 0 Å². The second-order valence-corrected chi connectivity index (χ2v) is 13.9. The molecule has 2 nitrogen and oxygen atoms in total. The largest absolute Gasteiger partial charge is 0.507 e. The van der Waals surface area contributed by atoms with Gasteiger partial charge in [0.15, 0.2) is 0 Å². The molecule has 0 aliphatic carbocycles. The minimum absolute atomic E-state index is 0.142. The van der Waals surface area contributed by atoms with Crippen LogP contribution < -0.4 is 0 Å². The van der Waals surface area contributed by atoms with Gasteiger partial charge in [-0.25, -0.2) is 0 Å². The number of hydrogen-bond donors (Lipinski definition) is 2. The van der Waals surface area contributed by atoms with Gasteiger partial charge in [-0.2, -0.15) is 0 Å². The first kappa shape index (κ1) is 25.6. The highest BCUT2D eigenvalue weighted by Gasteiger charge is 2.31. The van der Waals surface area contributed by atoms with E-state index >= 15 is 0 Å². The highest BCUT2D eigenvalue weighted by molar-refractivity contribution is 7.99. The van der Waals surface area contributed by atoms with Crippen molar-refractivity contribution in [3.8, 4) is 11.5 Å². The lowest BCUT2D eigenvalue weighted by Crippen LogP contribution is -2.19. The van der Waals surface area contributed by atoms with Crippen LogP contribution in [0.15, 0.2) is 34.1 Å². The predicted octanol–water partition coefficient (Wildman–Crippen LogP) is 8.44. The van der Waals surface area contributed by atoms with Crippen LogP contribution in [-0.2, 0) is 21.7 Å². The summed E-state index contributed by atoms with van der Waals surface area (Å²) in [6, 6.07) is 8.36. The SMILES string of the molecule is CC(C)(C)c1ccc(Sc2ccc(C(C)(C)C)c(O)c2C(C)(C)C)c(C(C)(C)C)c1O. The lowest BCUT2D eigenvalue weighted by atomic mass is 9.79. The summed E-state index contributed by atoms with van der Waals surface area (Å²) < 4.78 is 0. The van der Waals surface area contributed by atoms with Crippen molar-refractivity contribution < 1.29 is 10.2 Å². The van der Waals surface area contributed by atoms with Gasteiger partial charge in [-0.3, -0.25) is 0 Å². The zero-order valence-electron chi connectivity index (χ0n) is 21.6. The molecule has 0 aliphatic heterocycles. The van der Waals surface area contributed by atoms with Crippen LogP contribution in [0.5, 0.6) is 11.5 Å². The van der Waals surface area contributed by atoms with E-state index in [4.69, 9.17) is 0 Å². The molecule has 0 radical (unpaired) electrons. The van der Waals surface area contributed by atoms with Gasteiger partial charge in [0.1, 0.15) is 11.5 Å². The van der Waals surface area contributed by atoms with Gasteiger partial charge < -0.3 is 10.2 Å². The molecule has 0 amide bonds. The van der Waals surface area contributed by atoms with Gasteiger partial charge in [0, 0.05) is 20.9 Å². The minimum Gasteiger partial charge on any atom is -0.507 e. The Morgan fingerprint density at radius 2 is 0.774 bits per heavy atom. The highest BCUT2D eigenvalue weighted by Crippen LogP contribution is 2.50. The van der Waals surface area contributed by atoms with Crippen molar-refractivity contribution in [2.24, 2.45) is 0 Å². The van der Waals surface area contributed by atoms with Crippen molar-refractivity contribution in [1.82, 2.24) is 0 Å². The van der Waals surface area contributed by atoms with Gasteiger partial charge in [0.05, 0.1) is 0 Å². The molecule has 0 aliphatic rings. The van der Waals surface area contributed by atoms with E-state index in [1.165, 1.54) is 0 Å². The Morgan fingerprint density at radius 1 is 0.484 bits per heavy atom. The average Bonchev–Trinajstić information content (AvgIpc) is 2.49. The van der Waals surface area contributed by atoms with Crippen LogP contribution in [0.4, 0.5) is 0 Å².